The van der Waals surface area contributed by atoms with Crippen LogP contribution in [0.4, 0.5) is 13.2 Å². The number of halogens is 3. The Bertz CT molecular complexity index is 1050. The summed E-state index contributed by atoms with van der Waals surface area (Å²) in [7, 11) is 3.20. The van der Waals surface area contributed by atoms with Gasteiger partial charge in [0.1, 0.15) is 0 Å². The first-order chi connectivity index (χ1) is 14.9. The molecule has 0 unspecified atom stereocenters. The maximum Gasteiger partial charge on any atom is 0.416 e. The maximum atomic E-state index is 13.2. The Kier molecular flexibility index (Phi) is 5.96. The summed E-state index contributed by atoms with van der Waals surface area (Å²) in [5.41, 5.74) is 2.01. The number of rotatable bonds is 5. The number of ether oxygens (including phenoxy) is 2. The van der Waals surface area contributed by atoms with E-state index in [4.69, 9.17) is 9.47 Å². The Morgan fingerprint density at radius 3 is 2.52 bits per heavy atom. The van der Waals surface area contributed by atoms with Crippen LogP contribution < -0.4 is 9.47 Å². The van der Waals surface area contributed by atoms with Crippen molar-refractivity contribution in [3.05, 3.63) is 83.2 Å². The van der Waals surface area contributed by atoms with Gasteiger partial charge >= 0.3 is 6.18 Å². The van der Waals surface area contributed by atoms with Gasteiger partial charge in [-0.2, -0.15) is 13.2 Å². The number of hydrogen-bond acceptors (Lipinski definition) is 3. The molecule has 0 aliphatic carbocycles. The first kappa shape index (κ1) is 21.3. The minimum absolute atomic E-state index is 0.183. The second-order valence-electron chi connectivity index (χ2n) is 7.63. The summed E-state index contributed by atoms with van der Waals surface area (Å²) in [6.45, 7) is 1.98. The van der Waals surface area contributed by atoms with Crippen molar-refractivity contribution in [1.29, 1.82) is 0 Å². The van der Waals surface area contributed by atoms with Crippen LogP contribution in [0.1, 0.15) is 34.8 Å². The van der Waals surface area contributed by atoms with Gasteiger partial charge in [-0.1, -0.05) is 30.3 Å². The van der Waals surface area contributed by atoms with E-state index >= 15 is 0 Å². The molecule has 7 heteroatoms. The Morgan fingerprint density at radius 1 is 0.968 bits per heavy atom. The zero-order valence-electron chi connectivity index (χ0n) is 17.5. The normalized spacial score (nSPS) is 17.1. The highest BCUT2D eigenvalue weighted by Crippen LogP contribution is 2.42. The number of methoxy groups -OCH3 is 2. The molecule has 2 aromatic carbocycles. The largest absolute Gasteiger partial charge is 0.493 e. The third kappa shape index (κ3) is 4.28. The summed E-state index contributed by atoms with van der Waals surface area (Å²) >= 11 is 0. The summed E-state index contributed by atoms with van der Waals surface area (Å²) in [5, 5.41) is 0. The molecule has 4 rings (SSSR count). The van der Waals surface area contributed by atoms with Gasteiger partial charge in [-0.05, 0) is 36.2 Å². The molecule has 0 amide bonds. The van der Waals surface area contributed by atoms with E-state index in [1.54, 1.807) is 20.3 Å². The number of fused-ring (bicyclic) bond motifs is 1. The zero-order valence-corrected chi connectivity index (χ0v) is 17.5. The lowest BCUT2D eigenvalue weighted by Gasteiger charge is -2.32. The Balaban J connectivity index is 1.79. The Hall–Kier alpha value is -2.93. The highest BCUT2D eigenvalue weighted by molar-refractivity contribution is 5.50. The van der Waals surface area contributed by atoms with Gasteiger partial charge in [-0.3, -0.25) is 4.90 Å². The van der Waals surface area contributed by atoms with E-state index in [9.17, 15) is 13.2 Å². The molecule has 1 aliphatic rings. The van der Waals surface area contributed by atoms with Gasteiger partial charge < -0.3 is 14.0 Å². The standard InChI is InChI=1S/C24H25F3N2O2/c1-30-21-11-4-9-19(23(21)31-2)22-20-10-5-12-28(20)13-6-14-29(22)16-17-7-3-8-18(15-17)24(25,26)27/h3-5,7-12,15,22H,6,13-14,16H2,1-2H3/t22-/m0/s1. The number of alkyl halides is 3. The number of benzene rings is 2. The van der Waals surface area contributed by atoms with Crippen molar-refractivity contribution in [3.8, 4) is 11.5 Å². The second-order valence-corrected chi connectivity index (χ2v) is 7.63. The van der Waals surface area contributed by atoms with E-state index in [2.05, 4.69) is 15.5 Å². The molecular weight excluding hydrogens is 405 g/mol. The molecule has 31 heavy (non-hydrogen) atoms. The molecule has 0 radical (unpaired) electrons. The minimum Gasteiger partial charge on any atom is -0.493 e. The van der Waals surface area contributed by atoms with Gasteiger partial charge in [0.05, 0.1) is 25.8 Å². The summed E-state index contributed by atoms with van der Waals surface area (Å²) in [6.07, 6.45) is -1.43. The maximum absolute atomic E-state index is 13.2. The fourth-order valence-electron chi connectivity index (χ4n) is 4.37. The first-order valence-electron chi connectivity index (χ1n) is 10.2. The highest BCUT2D eigenvalue weighted by atomic mass is 19.4. The van der Waals surface area contributed by atoms with Crippen molar-refractivity contribution in [3.63, 3.8) is 0 Å². The van der Waals surface area contributed by atoms with Crippen LogP contribution in [0.5, 0.6) is 11.5 Å². The van der Waals surface area contributed by atoms with E-state index in [1.165, 1.54) is 12.1 Å². The molecule has 0 N–H and O–H groups in total. The molecule has 164 valence electrons. The number of aromatic nitrogens is 1. The van der Waals surface area contributed by atoms with Gasteiger partial charge in [0.2, 0.25) is 0 Å². The molecule has 1 aliphatic heterocycles. The van der Waals surface area contributed by atoms with Crippen LogP contribution in [0.2, 0.25) is 0 Å². The molecule has 2 heterocycles. The Labute approximate surface area is 179 Å². The average Bonchev–Trinajstić information content (AvgIpc) is 3.14. The van der Waals surface area contributed by atoms with Gasteiger partial charge in [0, 0.05) is 37.1 Å². The molecule has 1 atom stereocenters. The SMILES string of the molecule is COc1cccc([C@H]2c3cccn3CCCN2Cc2cccc(C(F)(F)F)c2)c1OC. The van der Waals surface area contributed by atoms with E-state index in [1.807, 2.05) is 30.5 Å². The van der Waals surface area contributed by atoms with Crippen molar-refractivity contribution in [1.82, 2.24) is 9.47 Å². The van der Waals surface area contributed by atoms with Crippen LogP contribution >= 0.6 is 0 Å². The smallest absolute Gasteiger partial charge is 0.416 e. The average molecular weight is 430 g/mol. The van der Waals surface area contributed by atoms with E-state index in [0.717, 1.165) is 36.8 Å². The number of aryl methyl sites for hydroxylation is 1. The predicted molar refractivity (Wildman–Crippen MR) is 112 cm³/mol. The van der Waals surface area contributed by atoms with Gasteiger partial charge in [0.25, 0.3) is 0 Å². The van der Waals surface area contributed by atoms with Crippen molar-refractivity contribution >= 4 is 0 Å². The van der Waals surface area contributed by atoms with Crippen LogP contribution in [0.3, 0.4) is 0 Å². The summed E-state index contributed by atoms with van der Waals surface area (Å²) in [6, 6.07) is 15.2. The fourth-order valence-corrected chi connectivity index (χ4v) is 4.37. The summed E-state index contributed by atoms with van der Waals surface area (Å²) in [4.78, 5) is 2.21. The lowest BCUT2D eigenvalue weighted by Crippen LogP contribution is -2.30. The van der Waals surface area contributed by atoms with Gasteiger partial charge in [-0.25, -0.2) is 0 Å². The number of nitrogens with zero attached hydrogens (tertiary/aromatic N) is 2. The fraction of sp³-hybridized carbons (Fsp3) is 0.333. The van der Waals surface area contributed by atoms with Crippen LogP contribution in [-0.2, 0) is 19.3 Å². The molecule has 3 aromatic rings. The Morgan fingerprint density at radius 2 is 1.77 bits per heavy atom. The topological polar surface area (TPSA) is 26.6 Å². The predicted octanol–water partition coefficient (Wildman–Crippen LogP) is 5.52. The van der Waals surface area contributed by atoms with Gasteiger partial charge in [-0.15, -0.1) is 0 Å². The quantitative estimate of drug-likeness (QED) is 0.533. The van der Waals surface area contributed by atoms with Crippen LogP contribution in [0.15, 0.2) is 60.8 Å². The third-order valence-corrected chi connectivity index (χ3v) is 5.72. The van der Waals surface area contributed by atoms with Crippen molar-refractivity contribution < 1.29 is 22.6 Å². The molecule has 4 nitrogen and oxygen atoms in total. The first-order valence-corrected chi connectivity index (χ1v) is 10.2. The molecule has 0 bridgehead atoms. The molecule has 0 spiro atoms. The van der Waals surface area contributed by atoms with Crippen LogP contribution in [0.25, 0.3) is 0 Å². The van der Waals surface area contributed by atoms with E-state index in [-0.39, 0.29) is 6.04 Å². The third-order valence-electron chi connectivity index (χ3n) is 5.72. The van der Waals surface area contributed by atoms with Crippen LogP contribution in [-0.4, -0.2) is 30.2 Å². The lowest BCUT2D eigenvalue weighted by molar-refractivity contribution is -0.137. The van der Waals surface area contributed by atoms with Crippen molar-refractivity contribution in [2.45, 2.75) is 31.7 Å². The van der Waals surface area contributed by atoms with Gasteiger partial charge in [0.15, 0.2) is 11.5 Å². The molecular formula is C24H25F3N2O2. The van der Waals surface area contributed by atoms with E-state index < -0.39 is 11.7 Å². The molecule has 0 saturated carbocycles. The lowest BCUT2D eigenvalue weighted by atomic mass is 9.99. The van der Waals surface area contributed by atoms with Crippen molar-refractivity contribution in [2.24, 2.45) is 0 Å². The number of para-hydroxylation sites is 1. The monoisotopic (exact) mass is 430 g/mol. The highest BCUT2D eigenvalue weighted by Gasteiger charge is 2.33. The molecule has 0 fully saturated rings. The zero-order chi connectivity index (χ0) is 22.0. The number of hydrogen-bond donors (Lipinski definition) is 0. The van der Waals surface area contributed by atoms with E-state index in [0.29, 0.717) is 23.6 Å². The minimum atomic E-state index is -4.36. The summed E-state index contributed by atoms with van der Waals surface area (Å²) in [5.74, 6) is 1.26. The van der Waals surface area contributed by atoms with Crippen LogP contribution in [0, 0.1) is 0 Å². The summed E-state index contributed by atoms with van der Waals surface area (Å²) < 4.78 is 53.1. The molecule has 0 saturated heterocycles. The molecule has 1 aromatic heterocycles. The van der Waals surface area contributed by atoms with Crippen molar-refractivity contribution in [2.75, 3.05) is 20.8 Å². The second kappa shape index (κ2) is 8.67.